The molecule has 3 rings (SSSR count). The molecule has 1 saturated heterocycles. The van der Waals surface area contributed by atoms with Crippen LogP contribution in [0.15, 0.2) is 6.33 Å². The molecule has 1 aromatic rings. The molecule has 0 saturated carbocycles. The molecule has 1 atom stereocenters. The van der Waals surface area contributed by atoms with E-state index in [0.717, 1.165) is 30.5 Å². The highest BCUT2D eigenvalue weighted by atomic mass is 16.5. The second kappa shape index (κ2) is 4.63. The minimum atomic E-state index is 0.332. The maximum Gasteiger partial charge on any atom is 0.204 e. The summed E-state index contributed by atoms with van der Waals surface area (Å²) in [5.74, 6) is 3.16. The van der Waals surface area contributed by atoms with Crippen molar-refractivity contribution in [1.82, 2.24) is 9.97 Å². The van der Waals surface area contributed by atoms with Crippen LogP contribution in [0.2, 0.25) is 0 Å². The van der Waals surface area contributed by atoms with Crippen LogP contribution in [-0.2, 0) is 0 Å². The number of aromatic nitrogens is 2. The molecule has 0 aliphatic carbocycles. The normalized spacial score (nSPS) is 22.6. The molecule has 0 radical (unpaired) electrons. The highest BCUT2D eigenvalue weighted by Gasteiger charge is 2.28. The first-order valence-corrected chi connectivity index (χ1v) is 6.75. The van der Waals surface area contributed by atoms with E-state index in [9.17, 15) is 0 Å². The van der Waals surface area contributed by atoms with Crippen LogP contribution in [0.4, 0.5) is 11.6 Å². The van der Waals surface area contributed by atoms with Crippen molar-refractivity contribution in [2.75, 3.05) is 29.9 Å². The van der Waals surface area contributed by atoms with Crippen LogP contribution in [0.25, 0.3) is 0 Å². The van der Waals surface area contributed by atoms with Crippen LogP contribution >= 0.6 is 0 Å². The number of hydrogen-bond acceptors (Lipinski definition) is 5. The van der Waals surface area contributed by atoms with E-state index in [2.05, 4.69) is 34.0 Å². The smallest absolute Gasteiger partial charge is 0.204 e. The van der Waals surface area contributed by atoms with Crippen molar-refractivity contribution in [3.05, 3.63) is 6.33 Å². The maximum atomic E-state index is 5.91. The largest absolute Gasteiger partial charge is 0.484 e. The van der Waals surface area contributed by atoms with Crippen molar-refractivity contribution in [1.29, 1.82) is 0 Å². The van der Waals surface area contributed by atoms with Crippen molar-refractivity contribution in [3.8, 4) is 5.75 Å². The van der Waals surface area contributed by atoms with Gasteiger partial charge in [-0.1, -0.05) is 13.8 Å². The van der Waals surface area contributed by atoms with E-state index < -0.39 is 0 Å². The van der Waals surface area contributed by atoms with Crippen molar-refractivity contribution in [3.63, 3.8) is 0 Å². The highest BCUT2D eigenvalue weighted by Crippen LogP contribution is 2.37. The number of hydrogen-bond donors (Lipinski definition) is 1. The van der Waals surface area contributed by atoms with E-state index in [1.807, 2.05) is 0 Å². The molecule has 3 heterocycles. The van der Waals surface area contributed by atoms with E-state index in [-0.39, 0.29) is 0 Å². The van der Waals surface area contributed by atoms with Gasteiger partial charge in [-0.25, -0.2) is 9.97 Å². The minimum Gasteiger partial charge on any atom is -0.484 e. The van der Waals surface area contributed by atoms with Gasteiger partial charge in [0, 0.05) is 13.1 Å². The summed E-state index contributed by atoms with van der Waals surface area (Å²) in [6, 6.07) is 0.332. The van der Waals surface area contributed by atoms with Crippen molar-refractivity contribution >= 4 is 11.6 Å². The zero-order chi connectivity index (χ0) is 12.5. The predicted molar refractivity (Wildman–Crippen MR) is 71.2 cm³/mol. The maximum absolute atomic E-state index is 5.91. The van der Waals surface area contributed by atoms with Gasteiger partial charge in [-0.05, 0) is 18.8 Å². The first-order valence-electron chi connectivity index (χ1n) is 6.75. The lowest BCUT2D eigenvalue weighted by Gasteiger charge is -2.31. The summed E-state index contributed by atoms with van der Waals surface area (Å²) >= 11 is 0. The lowest BCUT2D eigenvalue weighted by Crippen LogP contribution is -2.37. The fraction of sp³-hybridized carbons (Fsp3) is 0.692. The topological polar surface area (TPSA) is 50.3 Å². The third-order valence-corrected chi connectivity index (χ3v) is 3.72. The highest BCUT2D eigenvalue weighted by molar-refractivity contribution is 5.66. The minimum absolute atomic E-state index is 0.332. The molecule has 98 valence electrons. The van der Waals surface area contributed by atoms with Gasteiger partial charge in [0.15, 0.2) is 11.6 Å². The monoisotopic (exact) mass is 248 g/mol. The molecule has 2 aliphatic heterocycles. The average Bonchev–Trinajstić information content (AvgIpc) is 2.91. The summed E-state index contributed by atoms with van der Waals surface area (Å²) in [7, 11) is 0. The molecular formula is C13H20N4O. The molecule has 0 aromatic carbocycles. The van der Waals surface area contributed by atoms with Crippen LogP contribution in [0, 0.1) is 5.92 Å². The third-order valence-electron chi connectivity index (χ3n) is 3.72. The van der Waals surface area contributed by atoms with Gasteiger partial charge in [0.1, 0.15) is 12.9 Å². The van der Waals surface area contributed by atoms with Crippen molar-refractivity contribution in [2.24, 2.45) is 5.92 Å². The number of nitrogens with one attached hydrogen (secondary N) is 1. The Morgan fingerprint density at radius 2 is 2.11 bits per heavy atom. The first-order chi connectivity index (χ1) is 8.75. The molecule has 1 fully saturated rings. The van der Waals surface area contributed by atoms with Gasteiger partial charge in [0.05, 0.1) is 6.04 Å². The lowest BCUT2D eigenvalue weighted by atomic mass is 10.0. The first kappa shape index (κ1) is 11.6. The van der Waals surface area contributed by atoms with Crippen LogP contribution in [0.3, 0.4) is 0 Å². The predicted octanol–water partition coefficient (Wildman–Crippen LogP) is 1.91. The molecular weight excluding hydrogens is 228 g/mol. The fourth-order valence-electron chi connectivity index (χ4n) is 2.50. The summed E-state index contributed by atoms with van der Waals surface area (Å²) in [5, 5.41) is 3.46. The molecule has 2 aliphatic rings. The van der Waals surface area contributed by atoms with Gasteiger partial charge < -0.3 is 15.0 Å². The summed E-state index contributed by atoms with van der Waals surface area (Å²) in [6.45, 7) is 7.21. The van der Waals surface area contributed by atoms with Crippen LogP contribution in [0.1, 0.15) is 26.7 Å². The number of nitrogens with zero attached hydrogens (tertiary/aromatic N) is 3. The third kappa shape index (κ3) is 1.98. The molecule has 5 nitrogen and oxygen atoms in total. The summed E-state index contributed by atoms with van der Waals surface area (Å²) in [6.07, 6.45) is 4.10. The zero-order valence-electron chi connectivity index (χ0n) is 11.0. The Balaban J connectivity index is 1.88. The van der Waals surface area contributed by atoms with E-state index in [1.54, 1.807) is 6.33 Å². The fourth-order valence-corrected chi connectivity index (χ4v) is 2.50. The molecule has 0 bridgehead atoms. The molecule has 0 spiro atoms. The molecule has 1 unspecified atom stereocenters. The molecule has 5 heteroatoms. The molecule has 18 heavy (non-hydrogen) atoms. The number of fused-ring (bicyclic) bond motifs is 1. The Bertz CT molecular complexity index is 429. The van der Waals surface area contributed by atoms with Gasteiger partial charge >= 0.3 is 0 Å². The lowest BCUT2D eigenvalue weighted by molar-refractivity contribution is 0.255. The van der Waals surface area contributed by atoms with Gasteiger partial charge in [0.25, 0.3) is 0 Å². The number of rotatable bonds is 2. The standard InChI is InChI=1S/C13H20N4O/c1-9(2)10-7-18-11-12(16-10)14-8-15-13(11)17-5-3-4-6-17/h8-10H,3-7H2,1-2H3,(H,14,15,16). The zero-order valence-corrected chi connectivity index (χ0v) is 11.0. The van der Waals surface area contributed by atoms with E-state index >= 15 is 0 Å². The Labute approximate surface area is 108 Å². The average molecular weight is 248 g/mol. The van der Waals surface area contributed by atoms with Gasteiger partial charge in [-0.2, -0.15) is 0 Å². The van der Waals surface area contributed by atoms with Gasteiger partial charge in [-0.15, -0.1) is 0 Å². The van der Waals surface area contributed by atoms with E-state index in [0.29, 0.717) is 18.6 Å². The Morgan fingerprint density at radius 3 is 2.83 bits per heavy atom. The van der Waals surface area contributed by atoms with Gasteiger partial charge in [0.2, 0.25) is 5.75 Å². The Hall–Kier alpha value is -1.52. The van der Waals surface area contributed by atoms with Crippen LogP contribution in [-0.4, -0.2) is 35.7 Å². The van der Waals surface area contributed by atoms with E-state index in [1.165, 1.54) is 12.8 Å². The Kier molecular flexibility index (Phi) is 2.97. The molecule has 1 N–H and O–H groups in total. The molecule has 1 aromatic heterocycles. The van der Waals surface area contributed by atoms with Crippen LogP contribution < -0.4 is 15.0 Å². The van der Waals surface area contributed by atoms with Gasteiger partial charge in [-0.3, -0.25) is 0 Å². The number of anilines is 2. The molecule has 0 amide bonds. The van der Waals surface area contributed by atoms with Crippen molar-refractivity contribution in [2.45, 2.75) is 32.7 Å². The quantitative estimate of drug-likeness (QED) is 0.866. The van der Waals surface area contributed by atoms with Crippen LogP contribution in [0.5, 0.6) is 5.75 Å². The Morgan fingerprint density at radius 1 is 1.33 bits per heavy atom. The number of ether oxygens (including phenoxy) is 1. The van der Waals surface area contributed by atoms with Crippen molar-refractivity contribution < 1.29 is 4.74 Å². The van der Waals surface area contributed by atoms with E-state index in [4.69, 9.17) is 4.74 Å². The summed E-state index contributed by atoms with van der Waals surface area (Å²) in [5.41, 5.74) is 0. The second-order valence-electron chi connectivity index (χ2n) is 5.38. The summed E-state index contributed by atoms with van der Waals surface area (Å²) in [4.78, 5) is 11.0. The summed E-state index contributed by atoms with van der Waals surface area (Å²) < 4.78 is 5.91. The second-order valence-corrected chi connectivity index (χ2v) is 5.38. The SMILES string of the molecule is CC(C)C1COc2c(ncnc2N2CCCC2)N1.